The normalized spacial score (nSPS) is 13.8. The summed E-state index contributed by atoms with van der Waals surface area (Å²) in [6.45, 7) is 9.15. The lowest BCUT2D eigenvalue weighted by atomic mass is 9.29. The Bertz CT molecular complexity index is 2910. The van der Waals surface area contributed by atoms with Crippen LogP contribution in [0.5, 0.6) is 11.5 Å². The summed E-state index contributed by atoms with van der Waals surface area (Å²) in [4.78, 5) is 5.29. The molecule has 0 amide bonds. The van der Waals surface area contributed by atoms with Gasteiger partial charge in [-0.25, -0.2) is 0 Å². The van der Waals surface area contributed by atoms with Crippen molar-refractivity contribution < 1.29 is 4.74 Å². The molecule has 0 saturated carbocycles. The third-order valence-electron chi connectivity index (χ3n) is 13.2. The van der Waals surface area contributed by atoms with Gasteiger partial charge in [0.25, 0.3) is 6.71 Å². The Labute approximate surface area is 346 Å². The predicted molar refractivity (Wildman–Crippen MR) is 250 cm³/mol. The Balaban J connectivity index is 1.22. The summed E-state index contributed by atoms with van der Waals surface area (Å²) < 4.78 is 7.12. The number of benzene rings is 8. The van der Waals surface area contributed by atoms with Gasteiger partial charge in [-0.2, -0.15) is 0 Å². The molecule has 0 spiro atoms. The van der Waals surface area contributed by atoms with E-state index in [9.17, 15) is 0 Å². The van der Waals surface area contributed by atoms with E-state index in [1.807, 2.05) is 11.8 Å². The van der Waals surface area contributed by atoms with Gasteiger partial charge in [0.2, 0.25) is 6.71 Å². The zero-order valence-electron chi connectivity index (χ0n) is 33.0. The van der Waals surface area contributed by atoms with Crippen molar-refractivity contribution in [3.63, 3.8) is 0 Å². The molecule has 0 fully saturated rings. The van der Waals surface area contributed by atoms with Crippen LogP contribution in [-0.2, 0) is 0 Å². The van der Waals surface area contributed by atoms with Crippen molar-refractivity contribution in [3.8, 4) is 11.5 Å². The van der Waals surface area contributed by atoms with Crippen molar-refractivity contribution in [2.24, 2.45) is 0 Å². The number of fused-ring (bicyclic) bond motifs is 10. The monoisotopic (exact) mass is 775 g/mol. The van der Waals surface area contributed by atoms with Gasteiger partial charge in [-0.3, -0.25) is 0 Å². The number of para-hydroxylation sites is 1. The van der Waals surface area contributed by atoms with Crippen molar-refractivity contribution >= 4 is 104 Å². The number of aryl methyl sites for hydroxylation is 4. The van der Waals surface area contributed by atoms with E-state index >= 15 is 0 Å². The number of anilines is 3. The SMILES string of the molecule is Cc1cc(C)c2c(c1)Oc1cc3c4c5c1B2c1ccc([Si](c2ccccc2)(c2ccccc2)c2ccccc2)cc1N5c1ccccc1B4c1c(C)cc(C)cc1S3. The van der Waals surface area contributed by atoms with E-state index < -0.39 is 8.07 Å². The van der Waals surface area contributed by atoms with E-state index in [0.717, 1.165) is 11.5 Å². The van der Waals surface area contributed by atoms with Gasteiger partial charge in [0.1, 0.15) is 11.5 Å². The first-order valence-electron chi connectivity index (χ1n) is 20.4. The number of nitrogens with zero attached hydrogens (tertiary/aromatic N) is 1. The average molecular weight is 776 g/mol. The molecule has 6 heteroatoms. The average Bonchev–Trinajstić information content (AvgIpc) is 3.24. The van der Waals surface area contributed by atoms with E-state index in [4.69, 9.17) is 4.74 Å². The lowest BCUT2D eigenvalue weighted by Gasteiger charge is -2.48. The summed E-state index contributed by atoms with van der Waals surface area (Å²) in [6.07, 6.45) is 0. The summed E-state index contributed by atoms with van der Waals surface area (Å²) in [5, 5.41) is 5.51. The fourth-order valence-corrected chi connectivity index (χ4v) is 17.3. The first kappa shape index (κ1) is 34.1. The van der Waals surface area contributed by atoms with Crippen LogP contribution in [0.15, 0.2) is 174 Å². The van der Waals surface area contributed by atoms with Gasteiger partial charge in [0, 0.05) is 26.9 Å². The van der Waals surface area contributed by atoms with Crippen molar-refractivity contribution in [2.75, 3.05) is 4.90 Å². The van der Waals surface area contributed by atoms with Crippen LogP contribution in [0.4, 0.5) is 17.1 Å². The minimum Gasteiger partial charge on any atom is -0.458 e. The molecule has 0 N–H and O–H groups in total. The van der Waals surface area contributed by atoms with E-state index in [-0.39, 0.29) is 13.4 Å². The first-order chi connectivity index (χ1) is 28.4. The third-order valence-corrected chi connectivity index (χ3v) is 19.1. The van der Waals surface area contributed by atoms with Gasteiger partial charge in [-0.1, -0.05) is 162 Å². The summed E-state index contributed by atoms with van der Waals surface area (Å²) in [5.74, 6) is 1.96. The molecule has 2 nitrogen and oxygen atoms in total. The number of ether oxygens (including phenoxy) is 1. The van der Waals surface area contributed by atoms with Crippen molar-refractivity contribution in [2.45, 2.75) is 37.5 Å². The third kappa shape index (κ3) is 4.59. The highest BCUT2D eigenvalue weighted by Crippen LogP contribution is 2.46. The van der Waals surface area contributed by atoms with E-state index in [2.05, 4.69) is 196 Å². The molecular formula is C52H39B2NOSSi. The van der Waals surface area contributed by atoms with Crippen LogP contribution in [0.1, 0.15) is 22.3 Å². The quantitative estimate of drug-likeness (QED) is 0.161. The summed E-state index contributed by atoms with van der Waals surface area (Å²) in [7, 11) is -2.84. The Morgan fingerprint density at radius 1 is 0.448 bits per heavy atom. The molecule has 0 aromatic heterocycles. The molecule has 4 aliphatic heterocycles. The minimum absolute atomic E-state index is 0.0256. The van der Waals surface area contributed by atoms with Gasteiger partial charge in [-0.05, 0) is 117 Å². The van der Waals surface area contributed by atoms with Gasteiger partial charge in [0.05, 0.1) is 0 Å². The van der Waals surface area contributed by atoms with Crippen LogP contribution < -0.4 is 63.2 Å². The van der Waals surface area contributed by atoms with Crippen LogP contribution in [0.3, 0.4) is 0 Å². The highest BCUT2D eigenvalue weighted by atomic mass is 32.2. The lowest BCUT2D eigenvalue weighted by Crippen LogP contribution is -2.75. The molecule has 0 aliphatic carbocycles. The first-order valence-corrected chi connectivity index (χ1v) is 23.2. The maximum atomic E-state index is 7.12. The molecule has 4 heterocycles. The maximum Gasteiger partial charge on any atom is 0.256 e. The second-order valence-corrected chi connectivity index (χ2v) is 21.5. The van der Waals surface area contributed by atoms with E-state index in [0.29, 0.717) is 0 Å². The van der Waals surface area contributed by atoms with Gasteiger partial charge < -0.3 is 9.64 Å². The molecular weight excluding hydrogens is 736 g/mol. The molecule has 0 radical (unpaired) electrons. The second kappa shape index (κ2) is 12.5. The van der Waals surface area contributed by atoms with Gasteiger partial charge in [-0.15, -0.1) is 0 Å². The molecule has 274 valence electrons. The molecule has 12 rings (SSSR count). The minimum atomic E-state index is -2.84. The fraction of sp³-hybridized carbons (Fsp3) is 0.0769. The molecule has 8 aromatic carbocycles. The van der Waals surface area contributed by atoms with Crippen LogP contribution in [-0.4, -0.2) is 21.5 Å². The standard InChI is InChI=1S/C52H39B2NOSSi/c1-32-26-34(3)48-44(28-32)56-45-31-47-51-52-50(45)53(48)41-25-24-39(58(36-16-8-5-9-17-36,37-18-10-6-11-19-37)38-20-12-7-13-21-38)30-43(41)55(52)42-23-15-14-22-40(42)54(51)49-35(4)27-33(2)29-46(49)57-47/h5-31H,1-4H3. The smallest absolute Gasteiger partial charge is 0.256 e. The Hall–Kier alpha value is -5.94. The zero-order chi connectivity index (χ0) is 38.9. The highest BCUT2D eigenvalue weighted by molar-refractivity contribution is 8.00. The topological polar surface area (TPSA) is 12.5 Å². The predicted octanol–water partition coefficient (Wildman–Crippen LogP) is 6.00. The summed E-state index contributed by atoms with van der Waals surface area (Å²) >= 11 is 1.92. The largest absolute Gasteiger partial charge is 0.458 e. The van der Waals surface area contributed by atoms with Gasteiger partial charge in [0.15, 0.2) is 8.07 Å². The summed E-state index contributed by atoms with van der Waals surface area (Å²) in [5.41, 5.74) is 17.1. The zero-order valence-corrected chi connectivity index (χ0v) is 34.8. The van der Waals surface area contributed by atoms with Crippen molar-refractivity contribution in [1.82, 2.24) is 0 Å². The number of rotatable bonds is 4. The Morgan fingerprint density at radius 3 is 1.66 bits per heavy atom. The van der Waals surface area contributed by atoms with Crippen LogP contribution in [0.2, 0.25) is 0 Å². The van der Waals surface area contributed by atoms with Crippen molar-refractivity contribution in [3.05, 3.63) is 186 Å². The molecule has 0 atom stereocenters. The maximum absolute atomic E-state index is 7.12. The molecule has 0 bridgehead atoms. The Morgan fingerprint density at radius 2 is 0.983 bits per heavy atom. The molecule has 58 heavy (non-hydrogen) atoms. The van der Waals surface area contributed by atoms with Crippen LogP contribution in [0, 0.1) is 27.7 Å². The summed E-state index contributed by atoms with van der Waals surface area (Å²) in [6, 6.07) is 62.5. The lowest BCUT2D eigenvalue weighted by molar-refractivity contribution is 0.485. The second-order valence-electron chi connectivity index (χ2n) is 16.6. The number of hydrogen-bond donors (Lipinski definition) is 0. The van der Waals surface area contributed by atoms with Crippen LogP contribution in [0.25, 0.3) is 0 Å². The molecule has 8 aromatic rings. The highest BCUT2D eigenvalue weighted by Gasteiger charge is 2.51. The Kier molecular flexibility index (Phi) is 7.37. The molecule has 4 aliphatic rings. The van der Waals surface area contributed by atoms with E-state index in [1.54, 1.807) is 0 Å². The fourth-order valence-electron chi connectivity index (χ4n) is 11.1. The van der Waals surface area contributed by atoms with E-state index in [1.165, 1.54) is 103 Å². The molecule has 0 saturated heterocycles. The van der Waals surface area contributed by atoms with Crippen LogP contribution >= 0.6 is 11.8 Å². The number of hydrogen-bond acceptors (Lipinski definition) is 3. The van der Waals surface area contributed by atoms with Gasteiger partial charge >= 0.3 is 0 Å². The molecule has 0 unspecified atom stereocenters. The van der Waals surface area contributed by atoms with Crippen molar-refractivity contribution in [1.29, 1.82) is 0 Å².